The molecule has 0 bridgehead atoms. The van der Waals surface area contributed by atoms with E-state index in [9.17, 15) is 4.79 Å². The van der Waals surface area contributed by atoms with E-state index in [2.05, 4.69) is 25.0 Å². The quantitative estimate of drug-likeness (QED) is 0.516. The lowest BCUT2D eigenvalue weighted by Gasteiger charge is -2.21. The number of carbonyl (C=O) groups is 1. The molecule has 0 aromatic carbocycles. The average molecular weight is 187 g/mol. The fraction of sp³-hybridized carbons (Fsp3) is 0.625. The highest BCUT2D eigenvalue weighted by molar-refractivity contribution is 6.71. The topological polar surface area (TPSA) is 38.3 Å². The third-order valence-electron chi connectivity index (χ3n) is 1.41. The van der Waals surface area contributed by atoms with Gasteiger partial charge < -0.3 is 9.74 Å². The zero-order chi connectivity index (χ0) is 9.61. The molecule has 0 aliphatic rings. The van der Waals surface area contributed by atoms with Gasteiger partial charge in [0.05, 0.1) is 0 Å². The van der Waals surface area contributed by atoms with E-state index in [0.29, 0.717) is 12.8 Å². The maximum Gasteiger partial charge on any atom is 0.243 e. The summed E-state index contributed by atoms with van der Waals surface area (Å²) in [6.45, 7) is 10.2. The Morgan fingerprint density at radius 2 is 2.25 bits per heavy atom. The minimum Gasteiger partial charge on any atom is -0.416 e. The Labute approximate surface area is 74.9 Å². The molecule has 4 heteroatoms. The standard InChI is InChI=1S/C8H17NO2Si/c1-5-8(10)9-7-12(3,4)11-6-2/h5H,1,6-7H2,2-4H3,(H,9,10). The number of hydrogen-bond acceptors (Lipinski definition) is 2. The molecule has 0 atom stereocenters. The largest absolute Gasteiger partial charge is 0.416 e. The first-order valence-electron chi connectivity index (χ1n) is 4.06. The normalized spacial score (nSPS) is 10.9. The van der Waals surface area contributed by atoms with Gasteiger partial charge in [0.25, 0.3) is 0 Å². The van der Waals surface area contributed by atoms with Crippen LogP contribution in [0.1, 0.15) is 6.92 Å². The number of rotatable bonds is 5. The zero-order valence-corrected chi connectivity index (χ0v) is 9.02. The maximum absolute atomic E-state index is 10.8. The first-order valence-corrected chi connectivity index (χ1v) is 7.17. The molecular weight excluding hydrogens is 170 g/mol. The highest BCUT2D eigenvalue weighted by Crippen LogP contribution is 2.01. The van der Waals surface area contributed by atoms with Crippen molar-refractivity contribution in [3.63, 3.8) is 0 Å². The Morgan fingerprint density at radius 3 is 2.67 bits per heavy atom. The van der Waals surface area contributed by atoms with Gasteiger partial charge in [-0.25, -0.2) is 0 Å². The van der Waals surface area contributed by atoms with Gasteiger partial charge in [0, 0.05) is 12.8 Å². The molecule has 0 radical (unpaired) electrons. The van der Waals surface area contributed by atoms with E-state index in [1.165, 1.54) is 6.08 Å². The van der Waals surface area contributed by atoms with Crippen molar-refractivity contribution in [1.82, 2.24) is 5.32 Å². The first kappa shape index (κ1) is 11.4. The summed E-state index contributed by atoms with van der Waals surface area (Å²) in [7, 11) is -1.66. The SMILES string of the molecule is C=CC(=O)NC[Si](C)(C)OCC. The van der Waals surface area contributed by atoms with Crippen LogP contribution in [-0.2, 0) is 9.22 Å². The minimum atomic E-state index is -1.66. The van der Waals surface area contributed by atoms with Crippen LogP contribution in [0.5, 0.6) is 0 Å². The predicted molar refractivity (Wildman–Crippen MR) is 52.3 cm³/mol. The lowest BCUT2D eigenvalue weighted by atomic mass is 10.6. The van der Waals surface area contributed by atoms with Gasteiger partial charge in [-0.3, -0.25) is 4.79 Å². The summed E-state index contributed by atoms with van der Waals surface area (Å²) in [5, 5.41) is 2.74. The Bertz CT molecular complexity index is 168. The Hall–Kier alpha value is -0.613. The number of hydrogen-bond donors (Lipinski definition) is 1. The van der Waals surface area contributed by atoms with Crippen LogP contribution in [0.2, 0.25) is 13.1 Å². The molecule has 0 rings (SSSR count). The molecule has 3 nitrogen and oxygen atoms in total. The molecule has 0 aromatic rings. The van der Waals surface area contributed by atoms with Gasteiger partial charge in [0.2, 0.25) is 14.2 Å². The van der Waals surface area contributed by atoms with Crippen molar-refractivity contribution in [2.24, 2.45) is 0 Å². The van der Waals surface area contributed by atoms with Crippen molar-refractivity contribution in [1.29, 1.82) is 0 Å². The molecule has 0 saturated carbocycles. The van der Waals surface area contributed by atoms with Gasteiger partial charge in [0.1, 0.15) is 0 Å². The van der Waals surface area contributed by atoms with Crippen LogP contribution in [0.4, 0.5) is 0 Å². The second kappa shape index (κ2) is 5.11. The van der Waals surface area contributed by atoms with Gasteiger partial charge in [0.15, 0.2) is 0 Å². The molecule has 0 fully saturated rings. The molecular formula is C8H17NO2Si. The summed E-state index contributed by atoms with van der Waals surface area (Å²) in [5.74, 6) is -0.129. The summed E-state index contributed by atoms with van der Waals surface area (Å²) < 4.78 is 5.51. The van der Waals surface area contributed by atoms with E-state index in [1.54, 1.807) is 0 Å². The lowest BCUT2D eigenvalue weighted by molar-refractivity contribution is -0.116. The monoisotopic (exact) mass is 187 g/mol. The molecule has 0 aliphatic carbocycles. The fourth-order valence-corrected chi connectivity index (χ4v) is 2.30. The van der Waals surface area contributed by atoms with Crippen LogP contribution < -0.4 is 5.32 Å². The molecule has 0 unspecified atom stereocenters. The molecule has 12 heavy (non-hydrogen) atoms. The third kappa shape index (κ3) is 5.09. The summed E-state index contributed by atoms with van der Waals surface area (Å²) in [4.78, 5) is 10.8. The van der Waals surface area contributed by atoms with Crippen LogP contribution in [0.15, 0.2) is 12.7 Å². The van der Waals surface area contributed by atoms with Gasteiger partial charge in [-0.2, -0.15) is 0 Å². The van der Waals surface area contributed by atoms with Crippen molar-refractivity contribution in [3.8, 4) is 0 Å². The van der Waals surface area contributed by atoms with E-state index < -0.39 is 8.32 Å². The number of carbonyl (C=O) groups excluding carboxylic acids is 1. The van der Waals surface area contributed by atoms with Crippen molar-refractivity contribution in [2.75, 3.05) is 12.8 Å². The van der Waals surface area contributed by atoms with Crippen LogP contribution in [0, 0.1) is 0 Å². The predicted octanol–water partition coefficient (Wildman–Crippen LogP) is 1.07. The molecule has 0 spiro atoms. The number of nitrogens with one attached hydrogen (secondary N) is 1. The van der Waals surface area contributed by atoms with E-state index in [4.69, 9.17) is 4.43 Å². The summed E-state index contributed by atoms with van der Waals surface area (Å²) >= 11 is 0. The molecule has 1 N–H and O–H groups in total. The van der Waals surface area contributed by atoms with Gasteiger partial charge in [-0.1, -0.05) is 6.58 Å². The summed E-state index contributed by atoms with van der Waals surface area (Å²) in [6.07, 6.45) is 1.92. The third-order valence-corrected chi connectivity index (χ3v) is 3.51. The summed E-state index contributed by atoms with van der Waals surface area (Å²) in [6, 6.07) is 0. The van der Waals surface area contributed by atoms with E-state index in [1.807, 2.05) is 6.92 Å². The van der Waals surface area contributed by atoms with Crippen LogP contribution in [0.25, 0.3) is 0 Å². The molecule has 0 saturated heterocycles. The van der Waals surface area contributed by atoms with Crippen molar-refractivity contribution < 1.29 is 9.22 Å². The second-order valence-electron chi connectivity index (χ2n) is 3.11. The molecule has 0 aromatic heterocycles. The van der Waals surface area contributed by atoms with Gasteiger partial charge in [-0.05, 0) is 26.1 Å². The van der Waals surface area contributed by atoms with Crippen LogP contribution in [0.3, 0.4) is 0 Å². The maximum atomic E-state index is 10.8. The van der Waals surface area contributed by atoms with E-state index in [-0.39, 0.29) is 5.91 Å². The fourth-order valence-electron chi connectivity index (χ4n) is 0.814. The highest BCUT2D eigenvalue weighted by atomic mass is 28.4. The number of amides is 1. The van der Waals surface area contributed by atoms with Crippen molar-refractivity contribution in [2.45, 2.75) is 20.0 Å². The van der Waals surface area contributed by atoms with Gasteiger partial charge in [-0.15, -0.1) is 0 Å². The zero-order valence-electron chi connectivity index (χ0n) is 8.02. The lowest BCUT2D eigenvalue weighted by Crippen LogP contribution is -2.44. The Balaban J connectivity index is 3.74. The van der Waals surface area contributed by atoms with Crippen molar-refractivity contribution >= 4 is 14.2 Å². The van der Waals surface area contributed by atoms with Crippen LogP contribution >= 0.6 is 0 Å². The van der Waals surface area contributed by atoms with Gasteiger partial charge >= 0.3 is 0 Å². The smallest absolute Gasteiger partial charge is 0.243 e. The second-order valence-corrected chi connectivity index (χ2v) is 7.28. The van der Waals surface area contributed by atoms with Crippen molar-refractivity contribution in [3.05, 3.63) is 12.7 Å². The van der Waals surface area contributed by atoms with E-state index in [0.717, 1.165) is 0 Å². The average Bonchev–Trinajstić information content (AvgIpc) is 2.00. The Morgan fingerprint density at radius 1 is 1.67 bits per heavy atom. The van der Waals surface area contributed by atoms with Crippen LogP contribution in [-0.4, -0.2) is 27.0 Å². The minimum absolute atomic E-state index is 0.129. The molecule has 1 amide bonds. The Kier molecular flexibility index (Phi) is 4.85. The summed E-state index contributed by atoms with van der Waals surface area (Å²) in [5.41, 5.74) is 0. The highest BCUT2D eigenvalue weighted by Gasteiger charge is 2.21. The molecule has 0 aliphatic heterocycles. The molecule has 0 heterocycles. The first-order chi connectivity index (χ1) is 5.52. The molecule has 70 valence electrons. The van der Waals surface area contributed by atoms with E-state index >= 15 is 0 Å².